The smallest absolute Gasteiger partial charge is 0.134 e. The molecule has 1 fully saturated rings. The Morgan fingerprint density at radius 3 is 2.94 bits per heavy atom. The molecule has 94 valence electrons. The number of aromatic nitrogens is 2. The number of hydrogen-bond donors (Lipinski definition) is 0. The number of ether oxygens (including phenoxy) is 1. The lowest BCUT2D eigenvalue weighted by Gasteiger charge is -2.39. The number of rotatable bonds is 2. The van der Waals surface area contributed by atoms with Crippen LogP contribution in [0.2, 0.25) is 5.15 Å². The van der Waals surface area contributed by atoms with Gasteiger partial charge in [-0.05, 0) is 20.3 Å². The predicted molar refractivity (Wildman–Crippen MR) is 68.6 cm³/mol. The lowest BCUT2D eigenvalue weighted by molar-refractivity contribution is 0.0296. The highest BCUT2D eigenvalue weighted by Crippen LogP contribution is 2.23. The second kappa shape index (κ2) is 5.19. The third-order valence-corrected chi connectivity index (χ3v) is 3.22. The number of aryl methyl sites for hydroxylation is 1. The summed E-state index contributed by atoms with van der Waals surface area (Å²) in [5.41, 5.74) is 0. The molecule has 17 heavy (non-hydrogen) atoms. The molecule has 0 aliphatic carbocycles. The Balaban J connectivity index is 2.28. The molecular formula is C12H18ClN3O. The lowest BCUT2D eigenvalue weighted by atomic mass is 10.1. The fourth-order valence-corrected chi connectivity index (χ4v) is 2.35. The maximum atomic E-state index is 5.99. The first kappa shape index (κ1) is 12.6. The average molecular weight is 256 g/mol. The molecule has 1 aromatic heterocycles. The van der Waals surface area contributed by atoms with Gasteiger partial charge in [0.15, 0.2) is 0 Å². The van der Waals surface area contributed by atoms with E-state index in [1.54, 1.807) is 0 Å². The molecule has 0 aromatic carbocycles. The van der Waals surface area contributed by atoms with Crippen molar-refractivity contribution in [3.63, 3.8) is 0 Å². The van der Waals surface area contributed by atoms with E-state index in [4.69, 9.17) is 16.3 Å². The molecule has 0 spiro atoms. The number of morpholine rings is 1. The Labute approximate surface area is 107 Å². The maximum Gasteiger partial charge on any atom is 0.134 e. The van der Waals surface area contributed by atoms with Gasteiger partial charge in [0.1, 0.15) is 16.8 Å². The largest absolute Gasteiger partial charge is 0.375 e. The van der Waals surface area contributed by atoms with Crippen molar-refractivity contribution in [2.24, 2.45) is 0 Å². The van der Waals surface area contributed by atoms with Crippen LogP contribution in [-0.4, -0.2) is 35.3 Å². The van der Waals surface area contributed by atoms with E-state index in [2.05, 4.69) is 28.7 Å². The van der Waals surface area contributed by atoms with Crippen molar-refractivity contribution in [1.29, 1.82) is 0 Å². The van der Waals surface area contributed by atoms with Crippen molar-refractivity contribution in [1.82, 2.24) is 9.97 Å². The summed E-state index contributed by atoms with van der Waals surface area (Å²) >= 11 is 5.99. The summed E-state index contributed by atoms with van der Waals surface area (Å²) in [5, 5.41) is 0.501. The minimum Gasteiger partial charge on any atom is -0.375 e. The Kier molecular flexibility index (Phi) is 3.84. The number of hydrogen-bond acceptors (Lipinski definition) is 4. The van der Waals surface area contributed by atoms with Crippen LogP contribution in [0.5, 0.6) is 0 Å². The molecule has 2 atom stereocenters. The summed E-state index contributed by atoms with van der Waals surface area (Å²) in [6, 6.07) is 2.20. The molecular weight excluding hydrogens is 238 g/mol. The van der Waals surface area contributed by atoms with Crippen molar-refractivity contribution < 1.29 is 4.74 Å². The van der Waals surface area contributed by atoms with Crippen LogP contribution in [-0.2, 0) is 4.74 Å². The van der Waals surface area contributed by atoms with Gasteiger partial charge in [0.05, 0.1) is 18.8 Å². The van der Waals surface area contributed by atoms with Gasteiger partial charge >= 0.3 is 0 Å². The van der Waals surface area contributed by atoms with E-state index in [1.807, 2.05) is 13.0 Å². The SMILES string of the molecule is CCC1COC(C)CN1c1cc(Cl)nc(C)n1. The fraction of sp³-hybridized carbons (Fsp3) is 0.667. The van der Waals surface area contributed by atoms with Crippen LogP contribution < -0.4 is 4.90 Å². The summed E-state index contributed by atoms with van der Waals surface area (Å²) in [6.45, 7) is 7.70. The van der Waals surface area contributed by atoms with Crippen molar-refractivity contribution in [2.45, 2.75) is 39.3 Å². The zero-order chi connectivity index (χ0) is 12.4. The van der Waals surface area contributed by atoms with Crippen molar-refractivity contribution >= 4 is 17.4 Å². The highest BCUT2D eigenvalue weighted by atomic mass is 35.5. The summed E-state index contributed by atoms with van der Waals surface area (Å²) in [4.78, 5) is 10.8. The van der Waals surface area contributed by atoms with E-state index in [1.165, 1.54) is 0 Å². The van der Waals surface area contributed by atoms with E-state index in [-0.39, 0.29) is 6.10 Å². The molecule has 1 aliphatic heterocycles. The molecule has 1 aromatic rings. The minimum atomic E-state index is 0.229. The molecule has 0 saturated carbocycles. The predicted octanol–water partition coefficient (Wildman–Crippen LogP) is 2.44. The Morgan fingerprint density at radius 1 is 1.53 bits per heavy atom. The standard InChI is InChI=1S/C12H18ClN3O/c1-4-10-7-17-8(2)6-16(10)12-5-11(13)14-9(3)15-12/h5,8,10H,4,6-7H2,1-3H3. The van der Waals surface area contributed by atoms with E-state index in [0.29, 0.717) is 17.0 Å². The van der Waals surface area contributed by atoms with Gasteiger partial charge in [-0.1, -0.05) is 18.5 Å². The number of anilines is 1. The summed E-state index contributed by atoms with van der Waals surface area (Å²) in [6.07, 6.45) is 1.26. The van der Waals surface area contributed by atoms with Gasteiger partial charge in [-0.25, -0.2) is 9.97 Å². The normalized spacial score (nSPS) is 25.1. The minimum absolute atomic E-state index is 0.229. The van der Waals surface area contributed by atoms with Gasteiger partial charge < -0.3 is 9.64 Å². The first-order valence-electron chi connectivity index (χ1n) is 5.99. The summed E-state index contributed by atoms with van der Waals surface area (Å²) in [5.74, 6) is 1.62. The van der Waals surface area contributed by atoms with Gasteiger partial charge in [-0.2, -0.15) is 0 Å². The molecule has 4 nitrogen and oxygen atoms in total. The fourth-order valence-electron chi connectivity index (χ4n) is 2.13. The molecule has 2 rings (SSSR count). The zero-order valence-corrected chi connectivity index (χ0v) is 11.2. The molecule has 2 unspecified atom stereocenters. The summed E-state index contributed by atoms with van der Waals surface area (Å²) in [7, 11) is 0. The van der Waals surface area contributed by atoms with Gasteiger partial charge in [-0.15, -0.1) is 0 Å². The molecule has 1 aliphatic rings. The maximum absolute atomic E-state index is 5.99. The van der Waals surface area contributed by atoms with Crippen molar-refractivity contribution in [3.8, 4) is 0 Å². The van der Waals surface area contributed by atoms with Gasteiger partial charge in [0.2, 0.25) is 0 Å². The van der Waals surface area contributed by atoms with Gasteiger partial charge in [0.25, 0.3) is 0 Å². The Morgan fingerprint density at radius 2 is 2.29 bits per heavy atom. The summed E-state index contributed by atoms with van der Waals surface area (Å²) < 4.78 is 5.68. The van der Waals surface area contributed by atoms with E-state index >= 15 is 0 Å². The highest BCUT2D eigenvalue weighted by Gasteiger charge is 2.26. The van der Waals surface area contributed by atoms with Crippen LogP contribution in [0.3, 0.4) is 0 Å². The van der Waals surface area contributed by atoms with E-state index < -0.39 is 0 Å². The van der Waals surface area contributed by atoms with Gasteiger partial charge in [-0.3, -0.25) is 0 Å². The molecule has 2 heterocycles. The third kappa shape index (κ3) is 2.87. The molecule has 5 heteroatoms. The zero-order valence-electron chi connectivity index (χ0n) is 10.5. The lowest BCUT2D eigenvalue weighted by Crippen LogP contribution is -2.49. The Hall–Kier alpha value is -0.870. The average Bonchev–Trinajstić information content (AvgIpc) is 2.27. The Bertz CT molecular complexity index is 379. The van der Waals surface area contributed by atoms with Crippen molar-refractivity contribution in [2.75, 3.05) is 18.1 Å². The van der Waals surface area contributed by atoms with E-state index in [0.717, 1.165) is 25.4 Å². The van der Waals surface area contributed by atoms with Crippen LogP contribution in [0.25, 0.3) is 0 Å². The van der Waals surface area contributed by atoms with Crippen molar-refractivity contribution in [3.05, 3.63) is 17.0 Å². The number of halogens is 1. The second-order valence-electron chi connectivity index (χ2n) is 4.45. The molecule has 0 radical (unpaired) electrons. The van der Waals surface area contributed by atoms with Crippen LogP contribution in [0.4, 0.5) is 5.82 Å². The topological polar surface area (TPSA) is 38.2 Å². The molecule has 0 bridgehead atoms. The highest BCUT2D eigenvalue weighted by molar-refractivity contribution is 6.29. The first-order valence-corrected chi connectivity index (χ1v) is 6.37. The third-order valence-electron chi connectivity index (χ3n) is 3.03. The monoisotopic (exact) mass is 255 g/mol. The number of nitrogens with zero attached hydrogens (tertiary/aromatic N) is 3. The van der Waals surface area contributed by atoms with Crippen LogP contribution in [0.15, 0.2) is 6.07 Å². The van der Waals surface area contributed by atoms with Crippen LogP contribution in [0.1, 0.15) is 26.1 Å². The molecule has 1 saturated heterocycles. The molecule has 0 amide bonds. The second-order valence-corrected chi connectivity index (χ2v) is 4.84. The van der Waals surface area contributed by atoms with E-state index in [9.17, 15) is 0 Å². The first-order chi connectivity index (χ1) is 8.10. The molecule has 0 N–H and O–H groups in total. The van der Waals surface area contributed by atoms with Crippen LogP contribution >= 0.6 is 11.6 Å². The van der Waals surface area contributed by atoms with Gasteiger partial charge in [0, 0.05) is 12.6 Å². The van der Waals surface area contributed by atoms with Crippen LogP contribution in [0, 0.1) is 6.92 Å². The quantitative estimate of drug-likeness (QED) is 0.761.